The minimum atomic E-state index is 1.09. The molecule has 0 aliphatic heterocycles. The maximum atomic E-state index is 4.24. The molecule has 1 rings (SSSR count). The van der Waals surface area contributed by atoms with Gasteiger partial charge in [-0.3, -0.25) is 0 Å². The Bertz CT molecular complexity index is 228. The van der Waals surface area contributed by atoms with Crippen molar-refractivity contribution in [3.05, 3.63) is 24.3 Å². The zero-order valence-electron chi connectivity index (χ0n) is 8.66. The summed E-state index contributed by atoms with van der Waals surface area (Å²) < 4.78 is 2.16. The first-order valence-electron chi connectivity index (χ1n) is 5.14. The van der Waals surface area contributed by atoms with Crippen molar-refractivity contribution < 1.29 is 4.57 Å². The van der Waals surface area contributed by atoms with E-state index < -0.39 is 0 Å². The number of aryl methyl sites for hydroxylation is 2. The highest BCUT2D eigenvalue weighted by Gasteiger charge is 1.97. The molecule has 0 N–H and O–H groups in total. The van der Waals surface area contributed by atoms with E-state index in [-0.39, 0.29) is 0 Å². The topological polar surface area (TPSA) is 16.8 Å². The first-order valence-corrected chi connectivity index (χ1v) is 5.14. The lowest BCUT2D eigenvalue weighted by Crippen LogP contribution is -2.33. The van der Waals surface area contributed by atoms with Gasteiger partial charge in [-0.2, -0.15) is 0 Å². The largest absolute Gasteiger partial charge is 0.286 e. The number of rotatable bonds is 5. The molecule has 1 aromatic rings. The van der Waals surface area contributed by atoms with Crippen molar-refractivity contribution in [2.45, 2.75) is 46.1 Å². The molecule has 0 atom stereocenters. The van der Waals surface area contributed by atoms with Crippen LogP contribution in [0.5, 0.6) is 0 Å². The lowest BCUT2D eigenvalue weighted by molar-refractivity contribution is -0.700. The molecule has 0 bridgehead atoms. The molecule has 1 heterocycles. The summed E-state index contributed by atoms with van der Waals surface area (Å²) in [6.07, 6.45) is 9.27. The van der Waals surface area contributed by atoms with Crippen molar-refractivity contribution in [3.8, 4) is 0 Å². The predicted octanol–water partition coefficient (Wildman–Crippen LogP) is 2.26. The van der Waals surface area contributed by atoms with Gasteiger partial charge in [0.2, 0.25) is 0 Å². The zero-order chi connectivity index (χ0) is 9.52. The fraction of sp³-hybridized carbons (Fsp3) is 0.636. The van der Waals surface area contributed by atoms with Crippen molar-refractivity contribution in [2.75, 3.05) is 0 Å². The second-order valence-corrected chi connectivity index (χ2v) is 3.50. The van der Waals surface area contributed by atoms with E-state index in [0.717, 1.165) is 12.2 Å². The molecule has 13 heavy (non-hydrogen) atoms. The van der Waals surface area contributed by atoms with E-state index in [4.69, 9.17) is 0 Å². The van der Waals surface area contributed by atoms with Crippen LogP contribution < -0.4 is 4.57 Å². The molecule has 0 aromatic carbocycles. The van der Waals surface area contributed by atoms with Crippen LogP contribution in [0.1, 0.15) is 38.3 Å². The van der Waals surface area contributed by atoms with Crippen LogP contribution in [0.3, 0.4) is 0 Å². The summed E-state index contributed by atoms with van der Waals surface area (Å²) in [5.74, 6) is 0. The Labute approximate surface area is 80.6 Å². The molecule has 2 nitrogen and oxygen atoms in total. The molecule has 0 saturated heterocycles. The maximum Gasteiger partial charge on any atom is 0.286 e. The minimum Gasteiger partial charge on any atom is -0.237 e. The van der Waals surface area contributed by atoms with Crippen LogP contribution in [0.25, 0.3) is 0 Å². The quantitative estimate of drug-likeness (QED) is 0.500. The smallest absolute Gasteiger partial charge is 0.237 e. The molecule has 0 amide bonds. The molecular formula is C11H19N2+. The van der Waals surface area contributed by atoms with Crippen molar-refractivity contribution in [2.24, 2.45) is 0 Å². The van der Waals surface area contributed by atoms with Gasteiger partial charge < -0.3 is 0 Å². The van der Waals surface area contributed by atoms with Crippen LogP contribution in [0, 0.1) is 6.92 Å². The van der Waals surface area contributed by atoms with Crippen LogP contribution in [0.15, 0.2) is 18.6 Å². The highest BCUT2D eigenvalue weighted by Crippen LogP contribution is 1.97. The first-order chi connectivity index (χ1) is 6.33. The monoisotopic (exact) mass is 179 g/mol. The Morgan fingerprint density at radius 1 is 1.31 bits per heavy atom. The standard InChI is InChI=1S/C11H19N2/c1-3-4-5-6-8-13-9-7-11(2)12-10-13/h7,9-10H,3-6,8H2,1-2H3/q+1. The molecular weight excluding hydrogens is 160 g/mol. The molecule has 0 saturated carbocycles. The van der Waals surface area contributed by atoms with E-state index >= 15 is 0 Å². The lowest BCUT2D eigenvalue weighted by atomic mass is 10.2. The number of unbranched alkanes of at least 4 members (excludes halogenated alkanes) is 3. The number of aromatic nitrogens is 2. The molecule has 72 valence electrons. The minimum absolute atomic E-state index is 1.09. The molecule has 0 aliphatic carbocycles. The Morgan fingerprint density at radius 2 is 2.15 bits per heavy atom. The van der Waals surface area contributed by atoms with Crippen LogP contribution in [0.4, 0.5) is 0 Å². The second-order valence-electron chi connectivity index (χ2n) is 3.50. The predicted molar refractivity (Wildman–Crippen MR) is 53.3 cm³/mol. The fourth-order valence-electron chi connectivity index (χ4n) is 1.30. The molecule has 0 spiro atoms. The molecule has 2 heteroatoms. The molecule has 0 aliphatic rings. The first kappa shape index (κ1) is 10.2. The Hall–Kier alpha value is -0.920. The van der Waals surface area contributed by atoms with E-state index in [1.165, 1.54) is 25.7 Å². The SMILES string of the molecule is CCCCCC[n+]1ccc(C)nc1. The van der Waals surface area contributed by atoms with Crippen LogP contribution in [-0.2, 0) is 6.54 Å². The van der Waals surface area contributed by atoms with Crippen LogP contribution >= 0.6 is 0 Å². The van der Waals surface area contributed by atoms with Gasteiger partial charge >= 0.3 is 0 Å². The summed E-state index contributed by atoms with van der Waals surface area (Å²) in [4.78, 5) is 4.24. The van der Waals surface area contributed by atoms with Gasteiger partial charge in [-0.25, -0.2) is 4.57 Å². The van der Waals surface area contributed by atoms with Gasteiger partial charge in [0.25, 0.3) is 6.33 Å². The van der Waals surface area contributed by atoms with Gasteiger partial charge in [0.1, 0.15) is 0 Å². The molecule has 0 fully saturated rings. The number of nitrogens with zero attached hydrogens (tertiary/aromatic N) is 2. The van der Waals surface area contributed by atoms with Gasteiger partial charge in [-0.05, 0) is 12.8 Å². The van der Waals surface area contributed by atoms with Crippen molar-refractivity contribution in [3.63, 3.8) is 0 Å². The lowest BCUT2D eigenvalue weighted by Gasteiger charge is -1.98. The second kappa shape index (κ2) is 5.68. The third-order valence-corrected chi connectivity index (χ3v) is 2.19. The van der Waals surface area contributed by atoms with Gasteiger partial charge in [0.15, 0.2) is 5.69 Å². The average molecular weight is 179 g/mol. The summed E-state index contributed by atoms with van der Waals surface area (Å²) in [6, 6.07) is 2.06. The van der Waals surface area contributed by atoms with Gasteiger partial charge in [0.05, 0.1) is 12.7 Å². The Morgan fingerprint density at radius 3 is 2.77 bits per heavy atom. The maximum absolute atomic E-state index is 4.24. The Kier molecular flexibility index (Phi) is 4.44. The molecule has 0 radical (unpaired) electrons. The van der Waals surface area contributed by atoms with Crippen molar-refractivity contribution in [1.29, 1.82) is 0 Å². The van der Waals surface area contributed by atoms with Gasteiger partial charge in [-0.1, -0.05) is 24.7 Å². The third-order valence-electron chi connectivity index (χ3n) is 2.19. The third kappa shape index (κ3) is 4.02. The van der Waals surface area contributed by atoms with Crippen molar-refractivity contribution in [1.82, 2.24) is 4.98 Å². The summed E-state index contributed by atoms with van der Waals surface area (Å²) in [5.41, 5.74) is 1.09. The van der Waals surface area contributed by atoms with Gasteiger partial charge in [0, 0.05) is 13.0 Å². The normalized spacial score (nSPS) is 10.3. The summed E-state index contributed by atoms with van der Waals surface area (Å²) in [6.45, 7) is 5.36. The van der Waals surface area contributed by atoms with E-state index in [1.807, 2.05) is 13.3 Å². The Balaban J connectivity index is 2.25. The van der Waals surface area contributed by atoms with E-state index in [1.54, 1.807) is 0 Å². The van der Waals surface area contributed by atoms with E-state index in [0.29, 0.717) is 0 Å². The van der Waals surface area contributed by atoms with Gasteiger partial charge in [-0.15, -0.1) is 0 Å². The fourth-order valence-corrected chi connectivity index (χ4v) is 1.30. The summed E-state index contributed by atoms with van der Waals surface area (Å²) in [7, 11) is 0. The number of hydrogen-bond acceptors (Lipinski definition) is 1. The average Bonchev–Trinajstić information content (AvgIpc) is 2.15. The summed E-state index contributed by atoms with van der Waals surface area (Å²) >= 11 is 0. The van der Waals surface area contributed by atoms with E-state index in [2.05, 4.69) is 28.7 Å². The highest BCUT2D eigenvalue weighted by atomic mass is 15.0. The molecule has 1 aromatic heterocycles. The van der Waals surface area contributed by atoms with Crippen molar-refractivity contribution >= 4 is 0 Å². The van der Waals surface area contributed by atoms with Crippen LogP contribution in [-0.4, -0.2) is 4.98 Å². The zero-order valence-corrected chi connectivity index (χ0v) is 8.66. The number of hydrogen-bond donors (Lipinski definition) is 0. The van der Waals surface area contributed by atoms with E-state index in [9.17, 15) is 0 Å². The van der Waals surface area contributed by atoms with Crippen LogP contribution in [0.2, 0.25) is 0 Å². The molecule has 0 unspecified atom stereocenters. The summed E-state index contributed by atoms with van der Waals surface area (Å²) in [5, 5.41) is 0. The highest BCUT2D eigenvalue weighted by molar-refractivity contribution is 4.89.